The van der Waals surface area contributed by atoms with E-state index in [1.807, 2.05) is 0 Å². The number of ether oxygens (including phenoxy) is 1. The van der Waals surface area contributed by atoms with E-state index in [2.05, 4.69) is 5.32 Å². The fraction of sp³-hybridized carbons (Fsp3) is 0.167. The molecule has 1 aromatic rings. The summed E-state index contributed by atoms with van der Waals surface area (Å²) in [4.78, 5) is 23.0. The summed E-state index contributed by atoms with van der Waals surface area (Å²) in [5.74, 6) is -0.897. The number of hydrogen-bond acceptors (Lipinski definition) is 3. The zero-order chi connectivity index (χ0) is 12.4. The first-order chi connectivity index (χ1) is 8.13. The van der Waals surface area contributed by atoms with Gasteiger partial charge in [0.25, 0.3) is 5.91 Å². The zero-order valence-corrected chi connectivity index (χ0v) is 9.88. The molecule has 0 atom stereocenters. The highest BCUT2D eigenvalue weighted by atomic mass is 35.5. The lowest BCUT2D eigenvalue weighted by Crippen LogP contribution is -2.07. The van der Waals surface area contributed by atoms with Crippen LogP contribution in [0.15, 0.2) is 24.3 Å². The molecule has 0 fully saturated rings. The number of amides is 1. The van der Waals surface area contributed by atoms with Crippen LogP contribution in [0.5, 0.6) is 0 Å². The molecule has 88 valence electrons. The average Bonchev–Trinajstić information content (AvgIpc) is 2.57. The Labute approximate surface area is 103 Å². The van der Waals surface area contributed by atoms with E-state index >= 15 is 0 Å². The minimum Gasteiger partial charge on any atom is -0.463 e. The Morgan fingerprint density at radius 1 is 1.53 bits per heavy atom. The standard InChI is InChI=1S/C12H10ClNO3/c1-2-17-10(15)6-7-11-8(13)4-3-5-9(11)14-12(7)16/h3-6H,2H2,1H3,(H,14,16). The molecule has 0 aromatic heterocycles. The molecular formula is C12H10ClNO3. The van der Waals surface area contributed by atoms with Gasteiger partial charge in [-0.1, -0.05) is 17.7 Å². The van der Waals surface area contributed by atoms with Gasteiger partial charge in [-0.2, -0.15) is 0 Å². The molecular weight excluding hydrogens is 242 g/mol. The number of rotatable bonds is 2. The third-order valence-electron chi connectivity index (χ3n) is 2.32. The molecule has 0 unspecified atom stereocenters. The van der Waals surface area contributed by atoms with Crippen LogP contribution in [0.3, 0.4) is 0 Å². The minimum absolute atomic E-state index is 0.240. The van der Waals surface area contributed by atoms with Crippen molar-refractivity contribution in [3.8, 4) is 0 Å². The fourth-order valence-corrected chi connectivity index (χ4v) is 1.92. The summed E-state index contributed by atoms with van der Waals surface area (Å²) in [5, 5.41) is 3.06. The van der Waals surface area contributed by atoms with Gasteiger partial charge in [0.15, 0.2) is 0 Å². The van der Waals surface area contributed by atoms with Gasteiger partial charge in [0.05, 0.1) is 22.9 Å². The molecule has 4 nitrogen and oxygen atoms in total. The number of esters is 1. The fourth-order valence-electron chi connectivity index (χ4n) is 1.64. The Balaban J connectivity index is 2.44. The average molecular weight is 252 g/mol. The number of fused-ring (bicyclic) bond motifs is 1. The first-order valence-electron chi connectivity index (χ1n) is 5.12. The number of carbonyl (C=O) groups is 2. The van der Waals surface area contributed by atoms with Gasteiger partial charge in [0.1, 0.15) is 0 Å². The molecule has 2 rings (SSSR count). The van der Waals surface area contributed by atoms with Crippen LogP contribution in [0.25, 0.3) is 5.57 Å². The largest absolute Gasteiger partial charge is 0.463 e. The molecule has 0 radical (unpaired) electrons. The predicted molar refractivity (Wildman–Crippen MR) is 64.7 cm³/mol. The third-order valence-corrected chi connectivity index (χ3v) is 2.64. The molecule has 1 amide bonds. The smallest absolute Gasteiger partial charge is 0.331 e. The maximum absolute atomic E-state index is 11.7. The highest BCUT2D eigenvalue weighted by molar-refractivity contribution is 6.40. The lowest BCUT2D eigenvalue weighted by atomic mass is 10.1. The van der Waals surface area contributed by atoms with E-state index < -0.39 is 5.97 Å². The lowest BCUT2D eigenvalue weighted by Gasteiger charge is -2.01. The molecule has 1 aromatic carbocycles. The number of nitrogens with one attached hydrogen (secondary N) is 1. The topological polar surface area (TPSA) is 55.4 Å². The van der Waals surface area contributed by atoms with Gasteiger partial charge in [-0.05, 0) is 19.1 Å². The normalized spacial score (nSPS) is 15.6. The molecule has 0 spiro atoms. The molecule has 0 bridgehead atoms. The molecule has 0 aliphatic carbocycles. The van der Waals surface area contributed by atoms with Crippen molar-refractivity contribution >= 4 is 34.7 Å². The van der Waals surface area contributed by atoms with Crippen LogP contribution in [0.1, 0.15) is 12.5 Å². The van der Waals surface area contributed by atoms with Gasteiger partial charge in [0, 0.05) is 11.6 Å². The van der Waals surface area contributed by atoms with E-state index in [0.29, 0.717) is 16.3 Å². The zero-order valence-electron chi connectivity index (χ0n) is 9.12. The predicted octanol–water partition coefficient (Wildman–Crippen LogP) is 2.24. The summed E-state index contributed by atoms with van der Waals surface area (Å²) >= 11 is 6.01. The van der Waals surface area contributed by atoms with Gasteiger partial charge < -0.3 is 10.1 Å². The van der Waals surface area contributed by atoms with E-state index in [1.165, 1.54) is 0 Å². The molecule has 1 aliphatic rings. The summed E-state index contributed by atoms with van der Waals surface area (Å²) in [6.45, 7) is 1.96. The van der Waals surface area contributed by atoms with Crippen molar-refractivity contribution in [3.05, 3.63) is 34.9 Å². The molecule has 0 saturated heterocycles. The van der Waals surface area contributed by atoms with Crippen LogP contribution in [0, 0.1) is 0 Å². The van der Waals surface area contributed by atoms with Gasteiger partial charge in [-0.15, -0.1) is 0 Å². The Morgan fingerprint density at radius 2 is 2.29 bits per heavy atom. The van der Waals surface area contributed by atoms with Crippen LogP contribution < -0.4 is 5.32 Å². The van der Waals surface area contributed by atoms with Crippen molar-refractivity contribution in [1.29, 1.82) is 0 Å². The number of halogens is 1. The molecule has 1 heterocycles. The lowest BCUT2D eigenvalue weighted by molar-refractivity contribution is -0.137. The Hall–Kier alpha value is -1.81. The van der Waals surface area contributed by atoms with Gasteiger partial charge in [0.2, 0.25) is 0 Å². The van der Waals surface area contributed by atoms with Crippen molar-refractivity contribution in [1.82, 2.24) is 0 Å². The van der Waals surface area contributed by atoms with Crippen LogP contribution in [-0.4, -0.2) is 18.5 Å². The summed E-state index contributed by atoms with van der Waals surface area (Å²) in [5.41, 5.74) is 1.40. The second kappa shape index (κ2) is 4.59. The highest BCUT2D eigenvalue weighted by Gasteiger charge is 2.27. The van der Waals surface area contributed by atoms with Crippen molar-refractivity contribution in [2.45, 2.75) is 6.92 Å². The Morgan fingerprint density at radius 3 is 3.00 bits per heavy atom. The third kappa shape index (κ3) is 2.17. The number of anilines is 1. The van der Waals surface area contributed by atoms with Gasteiger partial charge in [-0.25, -0.2) is 4.79 Å². The summed E-state index contributed by atoms with van der Waals surface area (Å²) in [6, 6.07) is 5.12. The second-order valence-electron chi connectivity index (χ2n) is 3.43. The van der Waals surface area contributed by atoms with Crippen LogP contribution in [0.2, 0.25) is 5.02 Å². The van der Waals surface area contributed by atoms with E-state index in [0.717, 1.165) is 6.08 Å². The summed E-state index contributed by atoms with van der Waals surface area (Å²) in [7, 11) is 0. The quantitative estimate of drug-likeness (QED) is 0.648. The Bertz CT molecular complexity index is 522. The molecule has 1 N–H and O–H groups in total. The molecule has 0 saturated carbocycles. The van der Waals surface area contributed by atoms with Crippen molar-refractivity contribution < 1.29 is 14.3 Å². The van der Waals surface area contributed by atoms with Crippen LogP contribution >= 0.6 is 11.6 Å². The summed E-state index contributed by atoms with van der Waals surface area (Å²) < 4.78 is 4.77. The molecule has 17 heavy (non-hydrogen) atoms. The van der Waals surface area contributed by atoms with Crippen molar-refractivity contribution in [3.63, 3.8) is 0 Å². The number of benzene rings is 1. The first-order valence-corrected chi connectivity index (χ1v) is 5.50. The maximum Gasteiger partial charge on any atom is 0.331 e. The highest BCUT2D eigenvalue weighted by Crippen LogP contribution is 2.36. The van der Waals surface area contributed by atoms with E-state index in [9.17, 15) is 9.59 Å². The minimum atomic E-state index is -0.551. The number of carbonyl (C=O) groups excluding carboxylic acids is 2. The second-order valence-corrected chi connectivity index (χ2v) is 3.83. The number of hydrogen-bond donors (Lipinski definition) is 1. The van der Waals surface area contributed by atoms with Gasteiger partial charge >= 0.3 is 5.97 Å². The van der Waals surface area contributed by atoms with Crippen LogP contribution in [-0.2, 0) is 14.3 Å². The van der Waals surface area contributed by atoms with Crippen molar-refractivity contribution in [2.24, 2.45) is 0 Å². The monoisotopic (exact) mass is 251 g/mol. The molecule has 1 aliphatic heterocycles. The Kier molecular flexibility index (Phi) is 3.15. The summed E-state index contributed by atoms with van der Waals surface area (Å²) in [6.07, 6.45) is 1.16. The SMILES string of the molecule is CCOC(=O)C=C1C(=O)Nc2cccc(Cl)c21. The van der Waals surface area contributed by atoms with Gasteiger partial charge in [-0.3, -0.25) is 4.79 Å². The van der Waals surface area contributed by atoms with E-state index in [1.54, 1.807) is 25.1 Å². The first kappa shape index (κ1) is 11.7. The van der Waals surface area contributed by atoms with Crippen LogP contribution in [0.4, 0.5) is 5.69 Å². The maximum atomic E-state index is 11.7. The molecule has 5 heteroatoms. The van der Waals surface area contributed by atoms with E-state index in [4.69, 9.17) is 16.3 Å². The van der Waals surface area contributed by atoms with Crippen molar-refractivity contribution in [2.75, 3.05) is 11.9 Å². The van der Waals surface area contributed by atoms with E-state index in [-0.39, 0.29) is 18.1 Å².